The van der Waals surface area contributed by atoms with Crippen molar-refractivity contribution >= 4 is 32.8 Å². The average molecular weight is 324 g/mol. The van der Waals surface area contributed by atoms with Crippen LogP contribution in [0, 0.1) is 0 Å². The van der Waals surface area contributed by atoms with Crippen molar-refractivity contribution in [3.8, 4) is 0 Å². The molecule has 1 aromatic rings. The molecule has 1 aromatic carbocycles. The minimum absolute atomic E-state index is 0.575. The van der Waals surface area contributed by atoms with E-state index < -0.39 is 27.1 Å². The summed E-state index contributed by atoms with van der Waals surface area (Å²) in [5.74, 6) is 0. The summed E-state index contributed by atoms with van der Waals surface area (Å²) in [6.45, 7) is 4.63. The van der Waals surface area contributed by atoms with Gasteiger partial charge in [0.05, 0.1) is 0 Å². The van der Waals surface area contributed by atoms with Crippen LogP contribution in [0.3, 0.4) is 0 Å². The molecule has 0 aromatic heterocycles. The number of hydrogen-bond acceptors (Lipinski definition) is 6. The second-order valence-corrected chi connectivity index (χ2v) is 7.20. The molecule has 7 heteroatoms. The molecule has 0 spiro atoms. The van der Waals surface area contributed by atoms with E-state index in [4.69, 9.17) is 13.3 Å². The van der Waals surface area contributed by atoms with E-state index in [9.17, 15) is 14.4 Å². The lowest BCUT2D eigenvalue weighted by Crippen LogP contribution is -2.61. The molecule has 0 radical (unpaired) electrons. The van der Waals surface area contributed by atoms with Gasteiger partial charge in [0.15, 0.2) is 0 Å². The van der Waals surface area contributed by atoms with Crippen LogP contribution in [-0.2, 0) is 27.7 Å². The molecular weight excluding hydrogens is 304 g/mol. The van der Waals surface area contributed by atoms with Crippen LogP contribution in [0.5, 0.6) is 0 Å². The van der Waals surface area contributed by atoms with Gasteiger partial charge in [-0.2, -0.15) is 0 Å². The number of aldehydes is 3. The Morgan fingerprint density at radius 3 is 1.45 bits per heavy atom. The first-order valence-electron chi connectivity index (χ1n) is 6.92. The van der Waals surface area contributed by atoms with Gasteiger partial charge in [-0.25, -0.2) is 0 Å². The minimum atomic E-state index is -3.62. The third kappa shape index (κ3) is 4.95. The van der Waals surface area contributed by atoms with Crippen molar-refractivity contribution in [3.05, 3.63) is 30.3 Å². The molecule has 0 heterocycles. The maximum Gasteiger partial charge on any atom is 0.538 e. The zero-order valence-electron chi connectivity index (χ0n) is 12.8. The van der Waals surface area contributed by atoms with Crippen LogP contribution in [-0.4, -0.2) is 46.0 Å². The van der Waals surface area contributed by atoms with E-state index in [1.165, 1.54) is 0 Å². The molecule has 0 saturated heterocycles. The fourth-order valence-electron chi connectivity index (χ4n) is 1.75. The summed E-state index contributed by atoms with van der Waals surface area (Å²) >= 11 is 0. The van der Waals surface area contributed by atoms with E-state index in [-0.39, 0.29) is 0 Å². The monoisotopic (exact) mass is 324 g/mol. The fourth-order valence-corrected chi connectivity index (χ4v) is 4.56. The summed E-state index contributed by atoms with van der Waals surface area (Å²) in [5.41, 5.74) is 0. The van der Waals surface area contributed by atoms with Gasteiger partial charge in [-0.3, -0.25) is 0 Å². The van der Waals surface area contributed by atoms with Crippen LogP contribution < -0.4 is 5.19 Å². The van der Waals surface area contributed by atoms with Crippen molar-refractivity contribution in [1.82, 2.24) is 0 Å². The van der Waals surface area contributed by atoms with Gasteiger partial charge in [-0.05, 0) is 20.8 Å². The summed E-state index contributed by atoms with van der Waals surface area (Å²) < 4.78 is 17.2. The van der Waals surface area contributed by atoms with Crippen LogP contribution in [0.1, 0.15) is 20.8 Å². The first kappa shape index (κ1) is 18.4. The molecule has 6 nitrogen and oxygen atoms in total. The van der Waals surface area contributed by atoms with E-state index in [2.05, 4.69) is 0 Å². The Hall–Kier alpha value is -1.67. The van der Waals surface area contributed by atoms with Crippen LogP contribution in [0.4, 0.5) is 0 Å². The highest BCUT2D eigenvalue weighted by molar-refractivity contribution is 6.75. The molecule has 0 aliphatic heterocycles. The van der Waals surface area contributed by atoms with Crippen LogP contribution in [0.25, 0.3) is 0 Å². The summed E-state index contributed by atoms with van der Waals surface area (Å²) in [5, 5.41) is 0.575. The molecule has 22 heavy (non-hydrogen) atoms. The highest BCUT2D eigenvalue weighted by atomic mass is 28.4. The van der Waals surface area contributed by atoms with E-state index in [0.29, 0.717) is 24.0 Å². The Bertz CT molecular complexity index is 451. The second kappa shape index (κ2) is 8.69. The normalized spacial score (nSPS) is 17.8. The third-order valence-electron chi connectivity index (χ3n) is 2.73. The van der Waals surface area contributed by atoms with Gasteiger partial charge in [0.25, 0.3) is 0 Å². The summed E-state index contributed by atoms with van der Waals surface area (Å²) in [7, 11) is -3.62. The minimum Gasteiger partial charge on any atom is -0.360 e. The molecule has 1 rings (SSSR count). The lowest BCUT2D eigenvalue weighted by Gasteiger charge is -2.33. The Balaban J connectivity index is 3.29. The van der Waals surface area contributed by atoms with E-state index in [1.54, 1.807) is 51.1 Å². The van der Waals surface area contributed by atoms with Gasteiger partial charge < -0.3 is 27.7 Å². The van der Waals surface area contributed by atoms with Crippen LogP contribution >= 0.6 is 0 Å². The predicted molar refractivity (Wildman–Crippen MR) is 81.7 cm³/mol. The van der Waals surface area contributed by atoms with Crippen molar-refractivity contribution in [2.75, 3.05) is 0 Å². The van der Waals surface area contributed by atoms with Gasteiger partial charge in [0, 0.05) is 5.19 Å². The van der Waals surface area contributed by atoms with Gasteiger partial charge in [-0.15, -0.1) is 0 Å². The highest BCUT2D eigenvalue weighted by Gasteiger charge is 2.48. The zero-order chi connectivity index (χ0) is 16.6. The van der Waals surface area contributed by atoms with Crippen molar-refractivity contribution in [2.24, 2.45) is 0 Å². The van der Waals surface area contributed by atoms with Crippen molar-refractivity contribution in [1.29, 1.82) is 0 Å². The topological polar surface area (TPSA) is 78.9 Å². The summed E-state index contributed by atoms with van der Waals surface area (Å²) in [6.07, 6.45) is -0.587. The lowest BCUT2D eigenvalue weighted by molar-refractivity contribution is -0.121. The van der Waals surface area contributed by atoms with E-state index in [0.717, 1.165) is 0 Å². The number of benzene rings is 1. The Kier molecular flexibility index (Phi) is 7.26. The fraction of sp³-hybridized carbons (Fsp3) is 0.400. The Morgan fingerprint density at radius 2 is 1.14 bits per heavy atom. The van der Waals surface area contributed by atoms with Crippen molar-refractivity contribution in [3.63, 3.8) is 0 Å². The van der Waals surface area contributed by atoms with Crippen LogP contribution in [0.2, 0.25) is 0 Å². The molecule has 0 saturated carbocycles. The van der Waals surface area contributed by atoms with Gasteiger partial charge in [0.2, 0.25) is 0 Å². The molecule has 0 fully saturated rings. The lowest BCUT2D eigenvalue weighted by atomic mass is 10.4. The number of carbonyl (C=O) groups excluding carboxylic acids is 3. The molecule has 0 bridgehead atoms. The first-order valence-corrected chi connectivity index (χ1v) is 8.64. The highest BCUT2D eigenvalue weighted by Crippen LogP contribution is 2.17. The Morgan fingerprint density at radius 1 is 0.773 bits per heavy atom. The number of hydrogen-bond donors (Lipinski definition) is 0. The number of rotatable bonds is 10. The summed E-state index contributed by atoms with van der Waals surface area (Å²) in [6, 6.07) is 8.77. The molecule has 120 valence electrons. The van der Waals surface area contributed by atoms with Crippen molar-refractivity contribution in [2.45, 2.75) is 39.1 Å². The molecule has 3 unspecified atom stereocenters. The van der Waals surface area contributed by atoms with E-state index in [1.807, 2.05) is 0 Å². The van der Waals surface area contributed by atoms with Crippen molar-refractivity contribution < 1.29 is 27.7 Å². The molecule has 0 aliphatic carbocycles. The molecule has 3 atom stereocenters. The molecule has 0 aliphatic rings. The number of carbonyl (C=O) groups is 3. The molecular formula is C15H20O6Si. The van der Waals surface area contributed by atoms with Gasteiger partial charge in [-0.1, -0.05) is 30.3 Å². The summed E-state index contributed by atoms with van der Waals surface area (Å²) in [4.78, 5) is 32.9. The van der Waals surface area contributed by atoms with Gasteiger partial charge >= 0.3 is 8.80 Å². The zero-order valence-corrected chi connectivity index (χ0v) is 13.8. The van der Waals surface area contributed by atoms with Crippen LogP contribution in [0.15, 0.2) is 30.3 Å². The molecule has 0 N–H and O–H groups in total. The smallest absolute Gasteiger partial charge is 0.360 e. The van der Waals surface area contributed by atoms with Gasteiger partial charge in [0.1, 0.15) is 37.2 Å². The first-order chi connectivity index (χ1) is 10.5. The Labute approximate surface area is 130 Å². The third-order valence-corrected chi connectivity index (χ3v) is 5.81. The molecule has 0 amide bonds. The average Bonchev–Trinajstić information content (AvgIpc) is 2.54. The predicted octanol–water partition coefficient (Wildman–Crippen LogP) is 0.645. The maximum atomic E-state index is 11.0. The van der Waals surface area contributed by atoms with E-state index >= 15 is 0 Å². The standard InChI is InChI=1S/C15H20O6Si/c1-12(9-16)19-22(20-13(2)10-17,21-14(3)11-18)15-7-5-4-6-8-15/h4-14H,1-3H3. The quantitative estimate of drug-likeness (QED) is 0.464. The SMILES string of the molecule is CC(C=O)O[Si](OC(C)C=O)(OC(C)C=O)c1ccccc1. The largest absolute Gasteiger partial charge is 0.538 e. The maximum absolute atomic E-state index is 11.0. The second-order valence-electron chi connectivity index (χ2n) is 4.80.